The lowest BCUT2D eigenvalue weighted by Gasteiger charge is -2.33. The summed E-state index contributed by atoms with van der Waals surface area (Å²) in [5.41, 5.74) is 2.87. The number of halogens is 2. The lowest BCUT2D eigenvalue weighted by molar-refractivity contribution is -0.0499. The molecule has 2 nitrogen and oxygen atoms in total. The molecule has 0 saturated heterocycles. The summed E-state index contributed by atoms with van der Waals surface area (Å²) in [6.45, 7) is 2.23. The minimum atomic E-state index is -2.44. The number of alkyl halides is 2. The SMILES string of the molecule is CCCCCCCCCC(NN)C1CCC(F)(F)CC1. The molecule has 1 aliphatic rings. The second kappa shape index (κ2) is 9.67. The van der Waals surface area contributed by atoms with Crippen LogP contribution in [0.15, 0.2) is 0 Å². The van der Waals surface area contributed by atoms with Gasteiger partial charge in [-0.25, -0.2) is 8.78 Å². The van der Waals surface area contributed by atoms with E-state index in [2.05, 4.69) is 12.3 Å². The highest BCUT2D eigenvalue weighted by Gasteiger charge is 2.37. The van der Waals surface area contributed by atoms with Crippen molar-refractivity contribution in [1.82, 2.24) is 5.43 Å². The van der Waals surface area contributed by atoms with Gasteiger partial charge in [-0.05, 0) is 25.2 Å². The Morgan fingerprint density at radius 2 is 1.60 bits per heavy atom. The van der Waals surface area contributed by atoms with Gasteiger partial charge in [-0.15, -0.1) is 0 Å². The average molecular weight is 290 g/mol. The van der Waals surface area contributed by atoms with E-state index in [1.807, 2.05) is 0 Å². The van der Waals surface area contributed by atoms with Crippen LogP contribution < -0.4 is 11.3 Å². The fourth-order valence-corrected chi connectivity index (χ4v) is 3.24. The second-order valence-corrected chi connectivity index (χ2v) is 6.38. The summed E-state index contributed by atoms with van der Waals surface area (Å²) in [6, 6.07) is 0.224. The van der Waals surface area contributed by atoms with Gasteiger partial charge in [0.15, 0.2) is 0 Å². The predicted molar refractivity (Wildman–Crippen MR) is 80.6 cm³/mol. The van der Waals surface area contributed by atoms with Crippen molar-refractivity contribution in [3.05, 3.63) is 0 Å². The first-order chi connectivity index (χ1) is 9.59. The highest BCUT2D eigenvalue weighted by molar-refractivity contribution is 4.83. The highest BCUT2D eigenvalue weighted by atomic mass is 19.3. The summed E-state index contributed by atoms with van der Waals surface area (Å²) in [7, 11) is 0. The van der Waals surface area contributed by atoms with Gasteiger partial charge in [-0.3, -0.25) is 11.3 Å². The molecule has 1 saturated carbocycles. The lowest BCUT2D eigenvalue weighted by atomic mass is 9.80. The van der Waals surface area contributed by atoms with E-state index in [0.29, 0.717) is 18.8 Å². The van der Waals surface area contributed by atoms with Crippen molar-refractivity contribution in [3.63, 3.8) is 0 Å². The summed E-state index contributed by atoms with van der Waals surface area (Å²) < 4.78 is 26.3. The van der Waals surface area contributed by atoms with Gasteiger partial charge in [0, 0.05) is 18.9 Å². The summed E-state index contributed by atoms with van der Waals surface area (Å²) in [4.78, 5) is 0. The van der Waals surface area contributed by atoms with E-state index >= 15 is 0 Å². The van der Waals surface area contributed by atoms with Crippen molar-refractivity contribution < 1.29 is 8.78 Å². The fourth-order valence-electron chi connectivity index (χ4n) is 3.24. The van der Waals surface area contributed by atoms with Crippen molar-refractivity contribution in [2.24, 2.45) is 11.8 Å². The van der Waals surface area contributed by atoms with Gasteiger partial charge in [0.1, 0.15) is 0 Å². The van der Waals surface area contributed by atoms with E-state index in [9.17, 15) is 8.78 Å². The molecule has 0 amide bonds. The molecule has 1 aliphatic carbocycles. The van der Waals surface area contributed by atoms with Crippen LogP contribution in [0.2, 0.25) is 0 Å². The van der Waals surface area contributed by atoms with E-state index in [0.717, 1.165) is 12.8 Å². The van der Waals surface area contributed by atoms with Gasteiger partial charge >= 0.3 is 0 Å². The first-order valence-corrected chi connectivity index (χ1v) is 8.43. The highest BCUT2D eigenvalue weighted by Crippen LogP contribution is 2.38. The van der Waals surface area contributed by atoms with Gasteiger partial charge in [0.05, 0.1) is 0 Å². The second-order valence-electron chi connectivity index (χ2n) is 6.38. The summed E-state index contributed by atoms with van der Waals surface area (Å²) >= 11 is 0. The lowest BCUT2D eigenvalue weighted by Crippen LogP contribution is -2.43. The Bertz CT molecular complexity index is 237. The maximum absolute atomic E-state index is 13.1. The standard InChI is InChI=1S/C16H32F2N2/c1-2-3-4-5-6-7-8-9-15(20-19)14-10-12-16(17,18)13-11-14/h14-15,20H,2-13,19H2,1H3. The molecule has 1 atom stereocenters. The van der Waals surface area contributed by atoms with Crippen LogP contribution >= 0.6 is 0 Å². The minimum Gasteiger partial charge on any atom is -0.271 e. The smallest absolute Gasteiger partial charge is 0.248 e. The average Bonchev–Trinajstić information content (AvgIpc) is 2.43. The van der Waals surface area contributed by atoms with Crippen LogP contribution in [0, 0.1) is 5.92 Å². The Morgan fingerprint density at radius 1 is 1.05 bits per heavy atom. The quantitative estimate of drug-likeness (QED) is 0.345. The Labute approximate surface area is 122 Å². The van der Waals surface area contributed by atoms with Crippen LogP contribution in [0.3, 0.4) is 0 Å². The zero-order chi connectivity index (χ0) is 14.8. The molecule has 120 valence electrons. The monoisotopic (exact) mass is 290 g/mol. The van der Waals surface area contributed by atoms with E-state index in [-0.39, 0.29) is 18.9 Å². The van der Waals surface area contributed by atoms with Crippen LogP contribution in [0.5, 0.6) is 0 Å². The topological polar surface area (TPSA) is 38.0 Å². The number of hydrogen-bond acceptors (Lipinski definition) is 2. The molecule has 0 aromatic rings. The molecule has 0 aliphatic heterocycles. The van der Waals surface area contributed by atoms with Crippen molar-refractivity contribution in [2.75, 3.05) is 0 Å². The largest absolute Gasteiger partial charge is 0.271 e. The Kier molecular flexibility index (Phi) is 8.62. The number of unbranched alkanes of at least 4 members (excludes halogenated alkanes) is 6. The fraction of sp³-hybridized carbons (Fsp3) is 1.00. The number of rotatable bonds is 10. The van der Waals surface area contributed by atoms with Crippen LogP contribution in [0.25, 0.3) is 0 Å². The summed E-state index contributed by atoms with van der Waals surface area (Å²) in [5, 5.41) is 0. The molecule has 0 heterocycles. The molecule has 0 spiro atoms. The number of nitrogens with two attached hydrogens (primary N) is 1. The number of nitrogens with one attached hydrogen (secondary N) is 1. The molecular formula is C16H32F2N2. The number of hydrogen-bond donors (Lipinski definition) is 2. The molecule has 0 bridgehead atoms. The Hall–Kier alpha value is -0.220. The van der Waals surface area contributed by atoms with Crippen molar-refractivity contribution in [2.45, 2.75) is 95.9 Å². The van der Waals surface area contributed by atoms with Gasteiger partial charge in [0.2, 0.25) is 5.92 Å². The molecule has 0 radical (unpaired) electrons. The van der Waals surface area contributed by atoms with Crippen molar-refractivity contribution >= 4 is 0 Å². The van der Waals surface area contributed by atoms with E-state index < -0.39 is 5.92 Å². The molecule has 1 fully saturated rings. The van der Waals surface area contributed by atoms with E-state index in [4.69, 9.17) is 5.84 Å². The van der Waals surface area contributed by atoms with E-state index in [1.165, 1.54) is 38.5 Å². The molecule has 3 N–H and O–H groups in total. The van der Waals surface area contributed by atoms with Crippen LogP contribution in [-0.4, -0.2) is 12.0 Å². The van der Waals surface area contributed by atoms with Crippen molar-refractivity contribution in [3.8, 4) is 0 Å². The molecule has 1 rings (SSSR count). The molecular weight excluding hydrogens is 258 g/mol. The predicted octanol–water partition coefficient (Wildman–Crippen LogP) is 4.78. The molecule has 20 heavy (non-hydrogen) atoms. The minimum absolute atomic E-state index is 0.0346. The first kappa shape index (κ1) is 17.8. The molecule has 0 aromatic heterocycles. The van der Waals surface area contributed by atoms with Crippen LogP contribution in [-0.2, 0) is 0 Å². The van der Waals surface area contributed by atoms with E-state index in [1.54, 1.807) is 0 Å². The van der Waals surface area contributed by atoms with Crippen molar-refractivity contribution in [1.29, 1.82) is 0 Å². The molecule has 0 aromatic carbocycles. The maximum atomic E-state index is 13.1. The first-order valence-electron chi connectivity index (χ1n) is 8.43. The Balaban J connectivity index is 2.11. The van der Waals surface area contributed by atoms with Gasteiger partial charge in [0.25, 0.3) is 0 Å². The zero-order valence-corrected chi connectivity index (χ0v) is 13.0. The third kappa shape index (κ3) is 6.98. The van der Waals surface area contributed by atoms with Crippen LogP contribution in [0.4, 0.5) is 8.78 Å². The molecule has 1 unspecified atom stereocenters. The number of hydrazine groups is 1. The molecule has 4 heteroatoms. The summed E-state index contributed by atoms with van der Waals surface area (Å²) in [6.07, 6.45) is 11.3. The third-order valence-corrected chi connectivity index (χ3v) is 4.66. The normalized spacial score (nSPS) is 21.0. The van der Waals surface area contributed by atoms with Gasteiger partial charge in [-0.2, -0.15) is 0 Å². The van der Waals surface area contributed by atoms with Crippen LogP contribution in [0.1, 0.15) is 84.0 Å². The Morgan fingerprint density at radius 3 is 2.15 bits per heavy atom. The summed E-state index contributed by atoms with van der Waals surface area (Å²) in [5.74, 6) is 3.51. The third-order valence-electron chi connectivity index (χ3n) is 4.66. The maximum Gasteiger partial charge on any atom is 0.248 e. The van der Waals surface area contributed by atoms with Gasteiger partial charge in [-0.1, -0.05) is 51.9 Å². The van der Waals surface area contributed by atoms with Gasteiger partial charge < -0.3 is 0 Å². The zero-order valence-electron chi connectivity index (χ0n) is 13.0.